The molecule has 1 aliphatic rings. The zero-order valence-electron chi connectivity index (χ0n) is 13.1. The highest BCUT2D eigenvalue weighted by molar-refractivity contribution is 5.82. The third kappa shape index (κ3) is 3.37. The van der Waals surface area contributed by atoms with E-state index in [0.717, 1.165) is 25.0 Å². The Kier molecular flexibility index (Phi) is 4.30. The summed E-state index contributed by atoms with van der Waals surface area (Å²) in [4.78, 5) is 12.2. The van der Waals surface area contributed by atoms with Crippen molar-refractivity contribution in [1.82, 2.24) is 5.32 Å². The van der Waals surface area contributed by atoms with Gasteiger partial charge >= 0.3 is 0 Å². The lowest BCUT2D eigenvalue weighted by molar-refractivity contribution is -0.125. The average molecular weight is 251 g/mol. The van der Waals surface area contributed by atoms with E-state index in [1.165, 1.54) is 5.57 Å². The maximum atomic E-state index is 12.2. The summed E-state index contributed by atoms with van der Waals surface area (Å²) in [5.41, 5.74) is 2.71. The number of nitrogens with one attached hydrogen (secondary N) is 1. The van der Waals surface area contributed by atoms with Crippen molar-refractivity contribution in [3.05, 3.63) is 11.3 Å². The van der Waals surface area contributed by atoms with Gasteiger partial charge in [-0.15, -0.1) is 0 Å². The molecule has 2 nitrogen and oxygen atoms in total. The molecular formula is C16H29NO. The van der Waals surface area contributed by atoms with Crippen LogP contribution in [0.15, 0.2) is 11.3 Å². The van der Waals surface area contributed by atoms with Gasteiger partial charge in [-0.2, -0.15) is 0 Å². The minimum Gasteiger partial charge on any atom is -0.329 e. The highest BCUT2D eigenvalue weighted by Crippen LogP contribution is 2.41. The van der Waals surface area contributed by atoms with Crippen molar-refractivity contribution in [2.45, 2.75) is 67.7 Å². The Hall–Kier alpha value is -0.790. The number of carbonyl (C=O) groups excluding carboxylic acids is 1. The second-order valence-electron chi connectivity index (χ2n) is 7.53. The van der Waals surface area contributed by atoms with E-state index in [-0.39, 0.29) is 22.7 Å². The first-order valence-corrected chi connectivity index (χ1v) is 7.12. The van der Waals surface area contributed by atoms with Gasteiger partial charge in [0.25, 0.3) is 0 Å². The molecule has 0 aromatic rings. The van der Waals surface area contributed by atoms with Crippen LogP contribution in [0.3, 0.4) is 0 Å². The Morgan fingerprint density at radius 1 is 1.11 bits per heavy atom. The summed E-state index contributed by atoms with van der Waals surface area (Å²) < 4.78 is 0. The van der Waals surface area contributed by atoms with E-state index >= 15 is 0 Å². The van der Waals surface area contributed by atoms with Gasteiger partial charge in [-0.25, -0.2) is 0 Å². The van der Waals surface area contributed by atoms with Crippen LogP contribution in [0.25, 0.3) is 0 Å². The van der Waals surface area contributed by atoms with Gasteiger partial charge in [-0.05, 0) is 23.8 Å². The van der Waals surface area contributed by atoms with Crippen molar-refractivity contribution < 1.29 is 4.79 Å². The largest absolute Gasteiger partial charge is 0.329 e. The van der Waals surface area contributed by atoms with Gasteiger partial charge in [-0.1, -0.05) is 54.9 Å². The summed E-state index contributed by atoms with van der Waals surface area (Å²) in [5, 5.41) is 3.19. The summed E-state index contributed by atoms with van der Waals surface area (Å²) in [6.07, 6.45) is 2.99. The lowest BCUT2D eigenvalue weighted by Crippen LogP contribution is -2.42. The molecule has 0 aromatic carbocycles. The molecule has 1 atom stereocenters. The van der Waals surface area contributed by atoms with E-state index < -0.39 is 0 Å². The maximum absolute atomic E-state index is 12.2. The first kappa shape index (κ1) is 15.3. The Morgan fingerprint density at radius 3 is 2.06 bits per heavy atom. The van der Waals surface area contributed by atoms with E-state index in [1.807, 2.05) is 0 Å². The Morgan fingerprint density at radius 2 is 1.67 bits per heavy atom. The molecule has 0 saturated carbocycles. The topological polar surface area (TPSA) is 29.1 Å². The molecule has 0 fully saturated rings. The molecule has 0 aliphatic carbocycles. The molecule has 0 bridgehead atoms. The fourth-order valence-corrected chi connectivity index (χ4v) is 2.64. The van der Waals surface area contributed by atoms with E-state index in [9.17, 15) is 4.79 Å². The molecular weight excluding hydrogens is 222 g/mol. The van der Waals surface area contributed by atoms with Gasteiger partial charge in [0, 0.05) is 17.0 Å². The van der Waals surface area contributed by atoms with Crippen molar-refractivity contribution in [2.75, 3.05) is 0 Å². The normalized spacial score (nSPS) is 22.2. The molecule has 1 unspecified atom stereocenters. The molecule has 18 heavy (non-hydrogen) atoms. The number of carbonyl (C=O) groups is 1. The molecule has 1 N–H and O–H groups in total. The van der Waals surface area contributed by atoms with Crippen LogP contribution < -0.4 is 5.32 Å². The van der Waals surface area contributed by atoms with Crippen molar-refractivity contribution in [3.8, 4) is 0 Å². The fourth-order valence-electron chi connectivity index (χ4n) is 2.64. The highest BCUT2D eigenvalue weighted by Gasteiger charge is 2.36. The summed E-state index contributed by atoms with van der Waals surface area (Å²) in [6.45, 7) is 15.4. The molecule has 1 heterocycles. The van der Waals surface area contributed by atoms with Crippen LogP contribution in [-0.2, 0) is 4.79 Å². The molecule has 0 radical (unpaired) electrons. The fraction of sp³-hybridized carbons (Fsp3) is 0.812. The number of rotatable bonds is 2. The van der Waals surface area contributed by atoms with Crippen LogP contribution in [0.2, 0.25) is 0 Å². The monoisotopic (exact) mass is 251 g/mol. The molecule has 0 aromatic heterocycles. The van der Waals surface area contributed by atoms with Crippen LogP contribution >= 0.6 is 0 Å². The van der Waals surface area contributed by atoms with Crippen LogP contribution in [0.5, 0.6) is 0 Å². The summed E-state index contributed by atoms with van der Waals surface area (Å²) >= 11 is 0. The zero-order chi connectivity index (χ0) is 14.1. The molecule has 1 rings (SSSR count). The molecule has 104 valence electrons. The number of allylic oxidation sites excluding steroid dienone is 2. The lowest BCUT2D eigenvalue weighted by Gasteiger charge is -2.39. The van der Waals surface area contributed by atoms with Gasteiger partial charge in [0.15, 0.2) is 0 Å². The predicted octanol–water partition coefficient (Wildman–Crippen LogP) is 4.27. The van der Waals surface area contributed by atoms with Crippen molar-refractivity contribution in [3.63, 3.8) is 0 Å². The molecule has 0 saturated heterocycles. The van der Waals surface area contributed by atoms with Gasteiger partial charge in [-0.3, -0.25) is 4.79 Å². The molecule has 1 aliphatic heterocycles. The zero-order valence-corrected chi connectivity index (χ0v) is 13.1. The minimum absolute atomic E-state index is 0.00938. The van der Waals surface area contributed by atoms with Gasteiger partial charge in [0.05, 0.1) is 0 Å². The second kappa shape index (κ2) is 5.07. The van der Waals surface area contributed by atoms with E-state index in [0.29, 0.717) is 0 Å². The summed E-state index contributed by atoms with van der Waals surface area (Å²) in [5.74, 6) is 0.380. The number of hydrogen-bond donors (Lipinski definition) is 1. The van der Waals surface area contributed by atoms with Gasteiger partial charge in [0.1, 0.15) is 0 Å². The second-order valence-corrected chi connectivity index (χ2v) is 7.53. The Balaban J connectivity index is 3.18. The first-order chi connectivity index (χ1) is 8.07. The minimum atomic E-state index is 0.00938. The molecule has 0 spiro atoms. The van der Waals surface area contributed by atoms with E-state index in [4.69, 9.17) is 0 Å². The molecule has 2 heteroatoms. The third-order valence-electron chi connectivity index (χ3n) is 3.66. The van der Waals surface area contributed by atoms with E-state index in [1.54, 1.807) is 0 Å². The maximum Gasteiger partial charge on any atom is 0.227 e. The quantitative estimate of drug-likeness (QED) is 0.780. The van der Waals surface area contributed by atoms with Gasteiger partial charge < -0.3 is 5.32 Å². The van der Waals surface area contributed by atoms with E-state index in [2.05, 4.69) is 53.8 Å². The number of amides is 1. The first-order valence-electron chi connectivity index (χ1n) is 7.12. The lowest BCUT2D eigenvalue weighted by atomic mass is 9.72. The summed E-state index contributed by atoms with van der Waals surface area (Å²) in [6, 6.07) is 0. The van der Waals surface area contributed by atoms with Crippen molar-refractivity contribution >= 4 is 5.91 Å². The number of hydrogen-bond acceptors (Lipinski definition) is 1. The average Bonchev–Trinajstić information content (AvgIpc) is 2.17. The smallest absolute Gasteiger partial charge is 0.227 e. The SMILES string of the molecule is CCCC1CC(C(C)(C)C)=C(C(C)(C)C)NC1=O. The standard InChI is InChI=1S/C16H29NO/c1-8-9-11-10-12(15(2,3)4)13(16(5,6)7)17-14(11)18/h11H,8-10H2,1-7H3,(H,17,18). The third-order valence-corrected chi connectivity index (χ3v) is 3.66. The highest BCUT2D eigenvalue weighted by atomic mass is 16.2. The molecule has 1 amide bonds. The van der Waals surface area contributed by atoms with Crippen LogP contribution in [-0.4, -0.2) is 5.91 Å². The predicted molar refractivity (Wildman–Crippen MR) is 77.1 cm³/mol. The van der Waals surface area contributed by atoms with Crippen molar-refractivity contribution in [1.29, 1.82) is 0 Å². The van der Waals surface area contributed by atoms with Crippen molar-refractivity contribution in [2.24, 2.45) is 16.7 Å². The summed E-state index contributed by atoms with van der Waals surface area (Å²) in [7, 11) is 0. The Bertz CT molecular complexity index is 352. The van der Waals surface area contributed by atoms with Crippen LogP contribution in [0, 0.1) is 16.7 Å². The van der Waals surface area contributed by atoms with Crippen LogP contribution in [0.1, 0.15) is 67.7 Å². The van der Waals surface area contributed by atoms with Gasteiger partial charge in [0.2, 0.25) is 5.91 Å². The Labute approximate surface area is 112 Å². The van der Waals surface area contributed by atoms with Crippen LogP contribution in [0.4, 0.5) is 0 Å².